The molecule has 0 radical (unpaired) electrons. The molecule has 1 saturated heterocycles. The van der Waals surface area contributed by atoms with Gasteiger partial charge in [0.2, 0.25) is 0 Å². The van der Waals surface area contributed by atoms with Crippen molar-refractivity contribution < 1.29 is 0 Å². The summed E-state index contributed by atoms with van der Waals surface area (Å²) in [6.45, 7) is 6.11. The van der Waals surface area contributed by atoms with Crippen molar-refractivity contribution in [3.05, 3.63) is 76.4 Å². The maximum atomic E-state index is 6.75. The lowest BCUT2D eigenvalue weighted by molar-refractivity contribution is 0.187. The first-order valence-corrected chi connectivity index (χ1v) is 11.6. The number of aromatic nitrogens is 3. The Hall–Kier alpha value is -2.99. The van der Waals surface area contributed by atoms with Crippen molar-refractivity contribution in [3.63, 3.8) is 0 Å². The lowest BCUT2D eigenvalue weighted by Crippen LogP contribution is -2.45. The largest absolute Gasteiger partial charge is 0.383 e. The van der Waals surface area contributed by atoms with E-state index >= 15 is 0 Å². The van der Waals surface area contributed by atoms with Gasteiger partial charge < -0.3 is 16.4 Å². The molecule has 0 saturated carbocycles. The van der Waals surface area contributed by atoms with Crippen molar-refractivity contribution >= 4 is 11.6 Å². The van der Waals surface area contributed by atoms with Crippen LogP contribution in [-0.2, 0) is 19.3 Å². The first-order chi connectivity index (χ1) is 15.5. The Labute approximate surface area is 190 Å². The normalized spacial score (nSPS) is 19.3. The molecule has 1 aromatic carbocycles. The standard InChI is InChI=1S/C26H32N6/c1-3-22-25(30-16-20(31-22)14-18-8-11-29-24(28)17(18)2)32-12-9-26(10-13-32)15-19-6-4-5-7-21(19)23(26)27/h4-8,11,16,23H,3,9-10,12-15,27H2,1-2H3,(H2,28,29)/t23-/m1/s1. The molecule has 2 aliphatic rings. The predicted octanol–water partition coefficient (Wildman–Crippen LogP) is 3.76. The Morgan fingerprint density at radius 1 is 1.12 bits per heavy atom. The average molecular weight is 429 g/mol. The monoisotopic (exact) mass is 428 g/mol. The van der Waals surface area contributed by atoms with E-state index < -0.39 is 0 Å². The van der Waals surface area contributed by atoms with Crippen LogP contribution in [0.4, 0.5) is 11.6 Å². The van der Waals surface area contributed by atoms with E-state index in [2.05, 4.69) is 41.1 Å². The quantitative estimate of drug-likeness (QED) is 0.657. The molecule has 1 atom stereocenters. The molecule has 1 fully saturated rings. The molecule has 3 heterocycles. The number of nitrogens with two attached hydrogens (primary N) is 2. The van der Waals surface area contributed by atoms with Crippen molar-refractivity contribution in [1.82, 2.24) is 15.0 Å². The molecule has 1 aliphatic heterocycles. The number of pyridine rings is 1. The molecule has 32 heavy (non-hydrogen) atoms. The zero-order valence-electron chi connectivity index (χ0n) is 19.0. The molecule has 5 rings (SSSR count). The van der Waals surface area contributed by atoms with Crippen molar-refractivity contribution in [1.29, 1.82) is 0 Å². The average Bonchev–Trinajstić information content (AvgIpc) is 3.09. The fourth-order valence-corrected chi connectivity index (χ4v) is 5.50. The van der Waals surface area contributed by atoms with Crippen LogP contribution in [0.3, 0.4) is 0 Å². The lowest BCUT2D eigenvalue weighted by Gasteiger charge is -2.43. The maximum absolute atomic E-state index is 6.75. The number of hydrogen-bond acceptors (Lipinski definition) is 6. The number of benzene rings is 1. The molecule has 0 amide bonds. The van der Waals surface area contributed by atoms with E-state index in [1.54, 1.807) is 6.20 Å². The fraction of sp³-hybridized carbons (Fsp3) is 0.423. The second-order valence-corrected chi connectivity index (χ2v) is 9.34. The van der Waals surface area contributed by atoms with Crippen LogP contribution in [0.1, 0.15) is 59.4 Å². The minimum absolute atomic E-state index is 0.135. The molecule has 1 aliphatic carbocycles. The van der Waals surface area contributed by atoms with E-state index in [4.69, 9.17) is 21.4 Å². The minimum Gasteiger partial charge on any atom is -0.383 e. The molecule has 6 nitrogen and oxygen atoms in total. The number of nitrogens with zero attached hydrogens (tertiary/aromatic N) is 4. The summed E-state index contributed by atoms with van der Waals surface area (Å²) in [6.07, 6.45) is 8.53. The first-order valence-electron chi connectivity index (χ1n) is 11.6. The van der Waals surface area contributed by atoms with Crippen LogP contribution in [0.25, 0.3) is 0 Å². The number of hydrogen-bond donors (Lipinski definition) is 2. The van der Waals surface area contributed by atoms with Gasteiger partial charge in [0.05, 0.1) is 17.6 Å². The number of aryl methyl sites for hydroxylation is 1. The molecule has 0 bridgehead atoms. The fourth-order valence-electron chi connectivity index (χ4n) is 5.50. The highest BCUT2D eigenvalue weighted by Gasteiger charge is 2.46. The predicted molar refractivity (Wildman–Crippen MR) is 129 cm³/mol. The van der Waals surface area contributed by atoms with Crippen LogP contribution in [0.15, 0.2) is 42.7 Å². The van der Waals surface area contributed by atoms with Crippen LogP contribution in [-0.4, -0.2) is 28.0 Å². The van der Waals surface area contributed by atoms with Gasteiger partial charge in [-0.15, -0.1) is 0 Å². The van der Waals surface area contributed by atoms with Crippen molar-refractivity contribution in [2.45, 2.75) is 52.0 Å². The summed E-state index contributed by atoms with van der Waals surface area (Å²) < 4.78 is 0. The summed E-state index contributed by atoms with van der Waals surface area (Å²) in [5.74, 6) is 1.61. The number of nitrogen functional groups attached to an aromatic ring is 1. The van der Waals surface area contributed by atoms with Gasteiger partial charge in [-0.25, -0.2) is 9.97 Å². The highest BCUT2D eigenvalue weighted by atomic mass is 15.2. The van der Waals surface area contributed by atoms with Gasteiger partial charge in [0, 0.05) is 31.7 Å². The summed E-state index contributed by atoms with van der Waals surface area (Å²) >= 11 is 0. The summed E-state index contributed by atoms with van der Waals surface area (Å²) in [7, 11) is 0. The van der Waals surface area contributed by atoms with Crippen molar-refractivity contribution in [2.75, 3.05) is 23.7 Å². The number of anilines is 2. The van der Waals surface area contributed by atoms with E-state index in [1.165, 1.54) is 11.1 Å². The molecule has 0 unspecified atom stereocenters. The Bertz CT molecular complexity index is 1130. The Morgan fingerprint density at radius 2 is 1.91 bits per heavy atom. The van der Waals surface area contributed by atoms with Gasteiger partial charge in [-0.1, -0.05) is 31.2 Å². The SMILES string of the molecule is CCc1nc(Cc2ccnc(N)c2C)cnc1N1CCC2(CC1)Cc1ccccc1[C@H]2N. The molecule has 2 aromatic heterocycles. The molecule has 6 heteroatoms. The Morgan fingerprint density at radius 3 is 2.66 bits per heavy atom. The third-order valence-corrected chi connectivity index (χ3v) is 7.59. The van der Waals surface area contributed by atoms with Crippen LogP contribution >= 0.6 is 0 Å². The van der Waals surface area contributed by atoms with Crippen molar-refractivity contribution in [3.8, 4) is 0 Å². The molecule has 166 valence electrons. The zero-order chi connectivity index (χ0) is 22.3. The molecule has 3 aromatic rings. The second-order valence-electron chi connectivity index (χ2n) is 9.34. The molecular formula is C26H32N6. The molecular weight excluding hydrogens is 396 g/mol. The number of piperidine rings is 1. The summed E-state index contributed by atoms with van der Waals surface area (Å²) in [5.41, 5.74) is 19.9. The highest BCUT2D eigenvalue weighted by Crippen LogP contribution is 2.51. The number of fused-ring (bicyclic) bond motifs is 1. The van der Waals surface area contributed by atoms with E-state index in [9.17, 15) is 0 Å². The van der Waals surface area contributed by atoms with Crippen LogP contribution < -0.4 is 16.4 Å². The van der Waals surface area contributed by atoms with Gasteiger partial charge in [0.1, 0.15) is 11.6 Å². The van der Waals surface area contributed by atoms with Gasteiger partial charge in [0.15, 0.2) is 0 Å². The van der Waals surface area contributed by atoms with Crippen LogP contribution in [0.2, 0.25) is 0 Å². The highest BCUT2D eigenvalue weighted by molar-refractivity contribution is 5.47. The van der Waals surface area contributed by atoms with Gasteiger partial charge in [0.25, 0.3) is 0 Å². The van der Waals surface area contributed by atoms with Crippen LogP contribution in [0.5, 0.6) is 0 Å². The smallest absolute Gasteiger partial charge is 0.150 e. The first kappa shape index (κ1) is 20.9. The van der Waals surface area contributed by atoms with E-state index in [0.29, 0.717) is 5.82 Å². The van der Waals surface area contributed by atoms with Gasteiger partial charge in [-0.05, 0) is 66.3 Å². The topological polar surface area (TPSA) is 93.9 Å². The third-order valence-electron chi connectivity index (χ3n) is 7.59. The minimum atomic E-state index is 0.135. The van der Waals surface area contributed by atoms with Crippen LogP contribution in [0, 0.1) is 12.3 Å². The third kappa shape index (κ3) is 3.52. The van der Waals surface area contributed by atoms with Gasteiger partial charge in [-0.2, -0.15) is 0 Å². The number of rotatable bonds is 4. The van der Waals surface area contributed by atoms with E-state index in [0.717, 1.165) is 73.5 Å². The van der Waals surface area contributed by atoms with Gasteiger partial charge in [-0.3, -0.25) is 4.98 Å². The summed E-state index contributed by atoms with van der Waals surface area (Å²) in [6, 6.07) is 10.8. The maximum Gasteiger partial charge on any atom is 0.150 e. The van der Waals surface area contributed by atoms with E-state index in [-0.39, 0.29) is 11.5 Å². The molecule has 4 N–H and O–H groups in total. The Kier molecular flexibility index (Phi) is 5.33. The Balaban J connectivity index is 1.32. The molecule has 1 spiro atoms. The zero-order valence-corrected chi connectivity index (χ0v) is 19.0. The van der Waals surface area contributed by atoms with E-state index in [1.807, 2.05) is 19.2 Å². The van der Waals surface area contributed by atoms with Gasteiger partial charge >= 0.3 is 0 Å². The second kappa shape index (κ2) is 8.17. The summed E-state index contributed by atoms with van der Waals surface area (Å²) in [5, 5.41) is 0. The lowest BCUT2D eigenvalue weighted by atomic mass is 9.73. The van der Waals surface area contributed by atoms with Crippen molar-refractivity contribution in [2.24, 2.45) is 11.1 Å². The summed E-state index contributed by atoms with van der Waals surface area (Å²) in [4.78, 5) is 16.4.